The normalized spacial score (nSPS) is 22.8. The Hall–Kier alpha value is -1.98. The molecule has 29 heavy (non-hydrogen) atoms. The second-order valence-electron chi connectivity index (χ2n) is 7.60. The standard InChI is InChI=1S/C18H25N5O4S2/c1-14-18(15(2)23(20-14)16-5-11-28(24,25)13-16)21-7-9-22(10-8-21)29(26,27)17-4-3-6-19-12-17/h3-4,6,12,16H,5,7-11,13H2,1-2H3/t16-/m1/s1. The maximum atomic E-state index is 12.8. The molecule has 0 aliphatic carbocycles. The topological polar surface area (TPSA) is 105 Å². The second-order valence-corrected chi connectivity index (χ2v) is 11.8. The largest absolute Gasteiger partial charge is 0.366 e. The molecule has 2 aromatic rings. The van der Waals surface area contributed by atoms with E-state index >= 15 is 0 Å². The number of hydrogen-bond donors (Lipinski definition) is 0. The van der Waals surface area contributed by atoms with E-state index in [2.05, 4.69) is 15.0 Å². The van der Waals surface area contributed by atoms with Crippen LogP contribution < -0.4 is 4.90 Å². The molecule has 2 fully saturated rings. The molecule has 0 amide bonds. The summed E-state index contributed by atoms with van der Waals surface area (Å²) in [5.41, 5.74) is 2.76. The monoisotopic (exact) mass is 439 g/mol. The molecule has 2 aliphatic rings. The first-order valence-corrected chi connectivity index (χ1v) is 12.9. The zero-order valence-corrected chi connectivity index (χ0v) is 18.2. The minimum Gasteiger partial charge on any atom is -0.366 e. The van der Waals surface area contributed by atoms with Crippen molar-refractivity contribution < 1.29 is 16.8 Å². The molecule has 0 saturated carbocycles. The number of hydrogen-bond acceptors (Lipinski definition) is 7. The van der Waals surface area contributed by atoms with E-state index in [0.717, 1.165) is 17.1 Å². The number of anilines is 1. The number of rotatable bonds is 4. The molecule has 4 rings (SSSR count). The highest BCUT2D eigenvalue weighted by molar-refractivity contribution is 7.91. The minimum atomic E-state index is -3.55. The molecule has 0 aromatic carbocycles. The van der Waals surface area contributed by atoms with Crippen LogP contribution in [0.4, 0.5) is 5.69 Å². The van der Waals surface area contributed by atoms with Gasteiger partial charge in [-0.2, -0.15) is 9.40 Å². The van der Waals surface area contributed by atoms with Gasteiger partial charge in [-0.05, 0) is 32.4 Å². The number of piperazine rings is 1. The van der Waals surface area contributed by atoms with Crippen LogP contribution in [0.1, 0.15) is 23.9 Å². The predicted molar refractivity (Wildman–Crippen MR) is 109 cm³/mol. The molecule has 0 radical (unpaired) electrons. The van der Waals surface area contributed by atoms with Gasteiger partial charge in [0.25, 0.3) is 0 Å². The van der Waals surface area contributed by atoms with E-state index in [-0.39, 0.29) is 22.4 Å². The van der Waals surface area contributed by atoms with E-state index in [1.807, 2.05) is 18.5 Å². The fourth-order valence-corrected chi connectivity index (χ4v) is 7.32. The van der Waals surface area contributed by atoms with Gasteiger partial charge >= 0.3 is 0 Å². The quantitative estimate of drug-likeness (QED) is 0.693. The maximum absolute atomic E-state index is 12.8. The maximum Gasteiger partial charge on any atom is 0.244 e. The van der Waals surface area contributed by atoms with E-state index < -0.39 is 19.9 Å². The third kappa shape index (κ3) is 3.78. The van der Waals surface area contributed by atoms with Crippen molar-refractivity contribution in [1.82, 2.24) is 19.1 Å². The van der Waals surface area contributed by atoms with Gasteiger partial charge in [0.2, 0.25) is 10.0 Å². The first kappa shape index (κ1) is 20.3. The highest BCUT2D eigenvalue weighted by Crippen LogP contribution is 2.32. The minimum absolute atomic E-state index is 0.125. The molecule has 158 valence electrons. The van der Waals surface area contributed by atoms with Crippen molar-refractivity contribution >= 4 is 25.5 Å². The average Bonchev–Trinajstić information content (AvgIpc) is 3.20. The second kappa shape index (κ2) is 7.37. The van der Waals surface area contributed by atoms with Gasteiger partial charge in [0, 0.05) is 38.6 Å². The van der Waals surface area contributed by atoms with Gasteiger partial charge in [-0.15, -0.1) is 0 Å². The fourth-order valence-electron chi connectivity index (χ4n) is 4.24. The van der Waals surface area contributed by atoms with Crippen molar-refractivity contribution in [3.63, 3.8) is 0 Å². The molecule has 2 aliphatic heterocycles. The van der Waals surface area contributed by atoms with Gasteiger partial charge in [0.1, 0.15) is 4.90 Å². The summed E-state index contributed by atoms with van der Waals surface area (Å²) >= 11 is 0. The molecule has 0 bridgehead atoms. The Morgan fingerprint density at radius 1 is 1.14 bits per heavy atom. The Bertz CT molecular complexity index is 1100. The fraction of sp³-hybridized carbons (Fsp3) is 0.556. The van der Waals surface area contributed by atoms with Gasteiger partial charge in [0.05, 0.1) is 34.6 Å². The zero-order valence-electron chi connectivity index (χ0n) is 16.5. The number of aryl methyl sites for hydroxylation is 1. The van der Waals surface area contributed by atoms with Crippen LogP contribution in [-0.2, 0) is 19.9 Å². The lowest BCUT2D eigenvalue weighted by Crippen LogP contribution is -2.49. The van der Waals surface area contributed by atoms with Crippen molar-refractivity contribution in [2.45, 2.75) is 31.2 Å². The lowest BCUT2D eigenvalue weighted by molar-refractivity contribution is 0.384. The molecule has 4 heterocycles. The predicted octanol–water partition coefficient (Wildman–Crippen LogP) is 0.765. The van der Waals surface area contributed by atoms with Crippen LogP contribution in [0.5, 0.6) is 0 Å². The van der Waals surface area contributed by atoms with Gasteiger partial charge < -0.3 is 4.90 Å². The van der Waals surface area contributed by atoms with Crippen LogP contribution >= 0.6 is 0 Å². The van der Waals surface area contributed by atoms with Gasteiger partial charge in [-0.25, -0.2) is 16.8 Å². The number of sulfone groups is 1. The Kier molecular flexibility index (Phi) is 5.16. The van der Waals surface area contributed by atoms with Crippen LogP contribution in [0, 0.1) is 13.8 Å². The van der Waals surface area contributed by atoms with Gasteiger partial charge in [-0.3, -0.25) is 9.67 Å². The lowest BCUT2D eigenvalue weighted by atomic mass is 10.2. The molecule has 0 N–H and O–H groups in total. The number of nitrogens with zero attached hydrogens (tertiary/aromatic N) is 5. The number of sulfonamides is 1. The van der Waals surface area contributed by atoms with E-state index in [0.29, 0.717) is 32.6 Å². The lowest BCUT2D eigenvalue weighted by Gasteiger charge is -2.35. The van der Waals surface area contributed by atoms with Gasteiger partial charge in [-0.1, -0.05) is 0 Å². The summed E-state index contributed by atoms with van der Waals surface area (Å²) in [6.07, 6.45) is 3.51. The van der Waals surface area contributed by atoms with Crippen molar-refractivity contribution in [2.75, 3.05) is 42.6 Å². The summed E-state index contributed by atoms with van der Waals surface area (Å²) in [5, 5.41) is 4.62. The van der Waals surface area contributed by atoms with E-state index in [1.54, 1.807) is 18.3 Å². The van der Waals surface area contributed by atoms with Crippen molar-refractivity contribution in [2.24, 2.45) is 0 Å². The van der Waals surface area contributed by atoms with Crippen LogP contribution in [0.3, 0.4) is 0 Å². The highest BCUT2D eigenvalue weighted by Gasteiger charge is 2.34. The SMILES string of the molecule is Cc1nn([C@@H]2CCS(=O)(=O)C2)c(C)c1N1CCN(S(=O)(=O)c2cccnc2)CC1. The van der Waals surface area contributed by atoms with Crippen molar-refractivity contribution in [1.29, 1.82) is 0 Å². The molecule has 0 spiro atoms. The molecule has 2 aromatic heterocycles. The summed E-state index contributed by atoms with van der Waals surface area (Å²) in [6.45, 7) is 5.73. The molecule has 1 atom stereocenters. The Balaban J connectivity index is 1.51. The molecule has 0 unspecified atom stereocenters. The highest BCUT2D eigenvalue weighted by atomic mass is 32.2. The van der Waals surface area contributed by atoms with Crippen molar-refractivity contribution in [3.05, 3.63) is 35.9 Å². The third-order valence-corrected chi connectivity index (χ3v) is 9.30. The first-order valence-electron chi connectivity index (χ1n) is 9.60. The Morgan fingerprint density at radius 2 is 1.86 bits per heavy atom. The Labute approximate surface area is 171 Å². The first-order chi connectivity index (χ1) is 13.7. The van der Waals surface area contributed by atoms with Crippen LogP contribution in [0.15, 0.2) is 29.4 Å². The smallest absolute Gasteiger partial charge is 0.244 e. The number of aromatic nitrogens is 3. The average molecular weight is 440 g/mol. The zero-order chi connectivity index (χ0) is 20.8. The summed E-state index contributed by atoms with van der Waals surface area (Å²) in [7, 11) is -6.54. The third-order valence-electron chi connectivity index (χ3n) is 5.67. The van der Waals surface area contributed by atoms with Gasteiger partial charge in [0.15, 0.2) is 9.84 Å². The molecule has 2 saturated heterocycles. The molecular formula is C18H25N5O4S2. The molecular weight excluding hydrogens is 414 g/mol. The summed E-state index contributed by atoms with van der Waals surface area (Å²) in [6, 6.07) is 3.05. The van der Waals surface area contributed by atoms with E-state index in [4.69, 9.17) is 0 Å². The number of pyridine rings is 1. The molecule has 11 heteroatoms. The molecule has 9 nitrogen and oxygen atoms in total. The van der Waals surface area contributed by atoms with E-state index in [1.165, 1.54) is 10.5 Å². The van der Waals surface area contributed by atoms with E-state index in [9.17, 15) is 16.8 Å². The summed E-state index contributed by atoms with van der Waals surface area (Å²) in [4.78, 5) is 6.26. The summed E-state index contributed by atoms with van der Waals surface area (Å²) in [5.74, 6) is 0.335. The Morgan fingerprint density at radius 3 is 2.45 bits per heavy atom. The summed E-state index contributed by atoms with van der Waals surface area (Å²) < 4.78 is 52.6. The van der Waals surface area contributed by atoms with Crippen LogP contribution in [0.25, 0.3) is 0 Å². The van der Waals surface area contributed by atoms with Crippen LogP contribution in [-0.4, -0.2) is 73.6 Å². The van der Waals surface area contributed by atoms with Crippen molar-refractivity contribution in [3.8, 4) is 0 Å². The van der Waals surface area contributed by atoms with Crippen LogP contribution in [0.2, 0.25) is 0 Å².